The van der Waals surface area contributed by atoms with Crippen LogP contribution in [0.1, 0.15) is 13.3 Å². The zero-order chi connectivity index (χ0) is 17.0. The van der Waals surface area contributed by atoms with Gasteiger partial charge in [-0.25, -0.2) is 10.2 Å². The van der Waals surface area contributed by atoms with Gasteiger partial charge < -0.3 is 10.6 Å². The van der Waals surface area contributed by atoms with E-state index in [-0.39, 0.29) is 34.8 Å². The van der Waals surface area contributed by atoms with Crippen LogP contribution in [0.4, 0.5) is 16.2 Å². The molecule has 0 saturated heterocycles. The molecule has 2 rings (SSSR count). The number of anilines is 1. The Kier molecular flexibility index (Phi) is 5.12. The van der Waals surface area contributed by atoms with E-state index in [0.29, 0.717) is 12.1 Å². The minimum Gasteiger partial charge on any atom is -0.338 e. The van der Waals surface area contributed by atoms with E-state index >= 15 is 0 Å². The van der Waals surface area contributed by atoms with Gasteiger partial charge in [-0.05, 0) is 25.5 Å². The lowest BCUT2D eigenvalue weighted by atomic mass is 10.0. The minimum atomic E-state index is -0.633. The number of nitrogens with zero attached hydrogens (tertiary/aromatic N) is 2. The number of amides is 3. The maximum Gasteiger partial charge on any atom is 0.319 e. The largest absolute Gasteiger partial charge is 0.338 e. The number of carbonyl (C=O) groups is 2. The Morgan fingerprint density at radius 2 is 2.26 bits per heavy atom. The predicted molar refractivity (Wildman–Crippen MR) is 84.5 cm³/mol. The maximum atomic E-state index is 11.8. The van der Waals surface area contributed by atoms with Crippen molar-refractivity contribution in [1.29, 1.82) is 0 Å². The molecular formula is C13H14ClN5O4. The highest BCUT2D eigenvalue weighted by molar-refractivity contribution is 6.32. The Hall–Kier alpha value is -2.68. The number of halogens is 1. The number of rotatable bonds is 5. The molecule has 1 aliphatic rings. The lowest BCUT2D eigenvalue weighted by Gasteiger charge is -2.10. The van der Waals surface area contributed by atoms with Crippen LogP contribution in [0.2, 0.25) is 5.02 Å². The first-order valence-electron chi connectivity index (χ1n) is 6.71. The number of carbonyl (C=O) groups excluding carboxylic acids is 2. The molecule has 23 heavy (non-hydrogen) atoms. The Bertz CT molecular complexity index is 691. The van der Waals surface area contributed by atoms with Crippen LogP contribution in [-0.4, -0.2) is 29.1 Å². The van der Waals surface area contributed by atoms with Gasteiger partial charge in [0.15, 0.2) is 0 Å². The predicted octanol–water partition coefficient (Wildman–Crippen LogP) is 1.88. The molecule has 0 bridgehead atoms. The number of hydrazone groups is 1. The molecule has 3 N–H and O–H groups in total. The average Bonchev–Trinajstić information content (AvgIpc) is 2.80. The Labute approximate surface area is 136 Å². The summed E-state index contributed by atoms with van der Waals surface area (Å²) in [5.41, 5.74) is 2.99. The van der Waals surface area contributed by atoms with Crippen LogP contribution < -0.4 is 16.1 Å². The van der Waals surface area contributed by atoms with E-state index in [1.54, 1.807) is 6.92 Å². The van der Waals surface area contributed by atoms with E-state index in [9.17, 15) is 19.7 Å². The lowest BCUT2D eigenvalue weighted by Crippen LogP contribution is -2.33. The Morgan fingerprint density at radius 3 is 2.87 bits per heavy atom. The number of urea groups is 1. The minimum absolute atomic E-state index is 0.0111. The number of hydrogen-bond donors (Lipinski definition) is 3. The second-order valence-corrected chi connectivity index (χ2v) is 5.28. The molecule has 9 nitrogen and oxygen atoms in total. The third-order valence-corrected chi connectivity index (χ3v) is 3.60. The van der Waals surface area contributed by atoms with Crippen LogP contribution >= 0.6 is 11.6 Å². The number of nitrogens with one attached hydrogen (secondary N) is 3. The summed E-state index contributed by atoms with van der Waals surface area (Å²) < 4.78 is 0. The summed E-state index contributed by atoms with van der Waals surface area (Å²) in [6, 6.07) is 3.42. The summed E-state index contributed by atoms with van der Waals surface area (Å²) in [6.45, 7) is 1.99. The smallest absolute Gasteiger partial charge is 0.319 e. The fourth-order valence-electron chi connectivity index (χ4n) is 2.06. The van der Waals surface area contributed by atoms with E-state index in [1.807, 2.05) is 0 Å². The average molecular weight is 340 g/mol. The molecule has 1 aliphatic heterocycles. The molecule has 0 aliphatic carbocycles. The van der Waals surface area contributed by atoms with Crippen LogP contribution in [0.3, 0.4) is 0 Å². The number of nitro groups is 1. The Morgan fingerprint density at radius 1 is 1.52 bits per heavy atom. The van der Waals surface area contributed by atoms with Gasteiger partial charge in [0.25, 0.3) is 5.69 Å². The molecule has 0 saturated carbocycles. The monoisotopic (exact) mass is 339 g/mol. The normalized spacial score (nSPS) is 16.5. The first-order chi connectivity index (χ1) is 10.9. The topological polar surface area (TPSA) is 126 Å². The van der Waals surface area contributed by atoms with Gasteiger partial charge in [-0.2, -0.15) is 5.10 Å². The van der Waals surface area contributed by atoms with Gasteiger partial charge in [-0.15, -0.1) is 0 Å². The number of hydrogen-bond acceptors (Lipinski definition) is 5. The summed E-state index contributed by atoms with van der Waals surface area (Å²) in [4.78, 5) is 33.4. The lowest BCUT2D eigenvalue weighted by molar-refractivity contribution is -0.384. The highest BCUT2D eigenvalue weighted by Crippen LogP contribution is 2.27. The van der Waals surface area contributed by atoms with E-state index in [2.05, 4.69) is 21.2 Å². The van der Waals surface area contributed by atoms with Crippen molar-refractivity contribution in [2.24, 2.45) is 11.0 Å². The van der Waals surface area contributed by atoms with Crippen LogP contribution in [-0.2, 0) is 4.79 Å². The fraction of sp³-hybridized carbons (Fsp3) is 0.308. The van der Waals surface area contributed by atoms with Crippen molar-refractivity contribution in [2.45, 2.75) is 13.3 Å². The summed E-state index contributed by atoms with van der Waals surface area (Å²) in [7, 11) is 0. The molecule has 0 unspecified atom stereocenters. The van der Waals surface area contributed by atoms with E-state index in [4.69, 9.17) is 11.6 Å². The van der Waals surface area contributed by atoms with Gasteiger partial charge in [0, 0.05) is 24.0 Å². The molecule has 3 amide bonds. The zero-order valence-corrected chi connectivity index (χ0v) is 12.9. The maximum absolute atomic E-state index is 11.8. The van der Waals surface area contributed by atoms with Crippen molar-refractivity contribution < 1.29 is 14.5 Å². The molecule has 0 aromatic heterocycles. The highest BCUT2D eigenvalue weighted by atomic mass is 35.5. The van der Waals surface area contributed by atoms with Crippen molar-refractivity contribution >= 4 is 40.6 Å². The summed E-state index contributed by atoms with van der Waals surface area (Å²) in [5, 5.41) is 19.6. The second kappa shape index (κ2) is 7.05. The standard InChI is InChI=1S/C13H14ClN5O4/c1-7-9(12(20)18-17-7)4-5-15-13(21)16-8-2-3-10(14)11(6-8)19(22)23/h2-3,6,9H,4-5H2,1H3,(H,18,20)(H2,15,16,21)/t9-/m0/s1. The van der Waals surface area contributed by atoms with Crippen molar-refractivity contribution in [1.82, 2.24) is 10.7 Å². The number of benzene rings is 1. The van der Waals surface area contributed by atoms with Gasteiger partial charge in [0.05, 0.1) is 10.8 Å². The molecule has 1 aromatic carbocycles. The molecule has 1 aromatic rings. The van der Waals surface area contributed by atoms with Crippen LogP contribution in [0.25, 0.3) is 0 Å². The van der Waals surface area contributed by atoms with Crippen molar-refractivity contribution in [2.75, 3.05) is 11.9 Å². The quantitative estimate of drug-likeness (QED) is 0.559. The Balaban J connectivity index is 1.85. The summed E-state index contributed by atoms with van der Waals surface area (Å²) >= 11 is 5.69. The fourth-order valence-corrected chi connectivity index (χ4v) is 2.25. The molecular weight excluding hydrogens is 326 g/mol. The molecule has 10 heteroatoms. The van der Waals surface area contributed by atoms with Crippen LogP contribution in [0.5, 0.6) is 0 Å². The first-order valence-corrected chi connectivity index (χ1v) is 7.09. The SMILES string of the molecule is CC1=NNC(=O)[C@H]1CCNC(=O)Nc1ccc(Cl)c([N+](=O)[O-])c1. The highest BCUT2D eigenvalue weighted by Gasteiger charge is 2.26. The van der Waals surface area contributed by atoms with Crippen LogP contribution in [0.15, 0.2) is 23.3 Å². The van der Waals surface area contributed by atoms with Gasteiger partial charge in [0.2, 0.25) is 5.91 Å². The molecule has 0 radical (unpaired) electrons. The third-order valence-electron chi connectivity index (χ3n) is 3.28. The van der Waals surface area contributed by atoms with Gasteiger partial charge >= 0.3 is 6.03 Å². The van der Waals surface area contributed by atoms with Crippen LogP contribution in [0, 0.1) is 16.0 Å². The van der Waals surface area contributed by atoms with Gasteiger partial charge in [-0.1, -0.05) is 11.6 Å². The zero-order valence-electron chi connectivity index (χ0n) is 12.1. The van der Waals surface area contributed by atoms with Crippen molar-refractivity contribution in [3.05, 3.63) is 33.3 Å². The molecule has 1 atom stereocenters. The van der Waals surface area contributed by atoms with Crippen molar-refractivity contribution in [3.63, 3.8) is 0 Å². The number of nitro benzene ring substituents is 1. The molecule has 0 fully saturated rings. The molecule has 122 valence electrons. The van der Waals surface area contributed by atoms with Gasteiger partial charge in [0.1, 0.15) is 5.02 Å². The third kappa shape index (κ3) is 4.16. The van der Waals surface area contributed by atoms with E-state index in [1.165, 1.54) is 18.2 Å². The second-order valence-electron chi connectivity index (χ2n) is 4.87. The van der Waals surface area contributed by atoms with Crippen molar-refractivity contribution in [3.8, 4) is 0 Å². The summed E-state index contributed by atoms with van der Waals surface area (Å²) in [6.07, 6.45) is 0.412. The molecule has 0 spiro atoms. The molecule has 1 heterocycles. The van der Waals surface area contributed by atoms with E-state index < -0.39 is 11.0 Å². The summed E-state index contributed by atoms with van der Waals surface area (Å²) in [5.74, 6) is -0.551. The van der Waals surface area contributed by atoms with Gasteiger partial charge in [-0.3, -0.25) is 14.9 Å². The van der Waals surface area contributed by atoms with E-state index in [0.717, 1.165) is 0 Å². The first kappa shape index (κ1) is 16.7.